The van der Waals surface area contributed by atoms with Gasteiger partial charge in [-0.05, 0) is 42.7 Å². The number of allylic oxidation sites excluding steroid dienone is 1. The van der Waals surface area contributed by atoms with Gasteiger partial charge in [-0.25, -0.2) is 0 Å². The number of aryl methyl sites for hydroxylation is 1. The molecule has 90 valence electrons. The third kappa shape index (κ3) is 1.93. The van der Waals surface area contributed by atoms with Crippen molar-refractivity contribution in [3.8, 4) is 0 Å². The van der Waals surface area contributed by atoms with E-state index < -0.39 is 0 Å². The van der Waals surface area contributed by atoms with E-state index in [1.54, 1.807) is 0 Å². The Hall–Kier alpha value is -1.34. The predicted molar refractivity (Wildman–Crippen MR) is 80.8 cm³/mol. The molecule has 2 aromatic rings. The van der Waals surface area contributed by atoms with Crippen molar-refractivity contribution in [2.45, 2.75) is 19.8 Å². The van der Waals surface area contributed by atoms with Gasteiger partial charge >= 0.3 is 0 Å². The minimum Gasteiger partial charge on any atom is -0.0617 e. The fraction of sp³-hybridized carbons (Fsp3) is 0.176. The molecular weight excluding hydrogens is 284 g/mol. The zero-order valence-electron chi connectivity index (χ0n) is 10.6. The van der Waals surface area contributed by atoms with E-state index in [4.69, 9.17) is 0 Å². The Morgan fingerprint density at radius 3 is 2.61 bits per heavy atom. The molecule has 0 N–H and O–H groups in total. The van der Waals surface area contributed by atoms with Crippen LogP contribution in [0.4, 0.5) is 0 Å². The van der Waals surface area contributed by atoms with Gasteiger partial charge in [-0.2, -0.15) is 0 Å². The fourth-order valence-corrected chi connectivity index (χ4v) is 3.17. The molecule has 0 bridgehead atoms. The van der Waals surface area contributed by atoms with Crippen LogP contribution in [-0.4, -0.2) is 0 Å². The lowest BCUT2D eigenvalue weighted by Crippen LogP contribution is -1.99. The number of hydrogen-bond acceptors (Lipinski definition) is 0. The highest BCUT2D eigenvalue weighted by atomic mass is 79.9. The van der Waals surface area contributed by atoms with Gasteiger partial charge < -0.3 is 0 Å². The number of fused-ring (bicyclic) bond motifs is 1. The van der Waals surface area contributed by atoms with Crippen LogP contribution in [0.2, 0.25) is 0 Å². The van der Waals surface area contributed by atoms with E-state index >= 15 is 0 Å². The molecule has 0 saturated carbocycles. The van der Waals surface area contributed by atoms with Crippen LogP contribution in [0.25, 0.3) is 6.08 Å². The topological polar surface area (TPSA) is 0 Å². The van der Waals surface area contributed by atoms with Gasteiger partial charge in [0.15, 0.2) is 0 Å². The lowest BCUT2D eigenvalue weighted by atomic mass is 9.88. The highest BCUT2D eigenvalue weighted by Gasteiger charge is 2.24. The summed E-state index contributed by atoms with van der Waals surface area (Å²) in [7, 11) is 0. The molecule has 0 nitrogen and oxygen atoms in total. The van der Waals surface area contributed by atoms with Gasteiger partial charge in [-0.15, -0.1) is 0 Å². The molecule has 0 spiro atoms. The second-order valence-electron chi connectivity index (χ2n) is 5.01. The van der Waals surface area contributed by atoms with Crippen molar-refractivity contribution >= 4 is 22.0 Å². The van der Waals surface area contributed by atoms with E-state index in [0.717, 1.165) is 4.47 Å². The normalized spacial score (nSPS) is 17.5. The van der Waals surface area contributed by atoms with Gasteiger partial charge in [0.05, 0.1) is 0 Å². The lowest BCUT2D eigenvalue weighted by molar-refractivity contribution is 0.972. The van der Waals surface area contributed by atoms with E-state index in [9.17, 15) is 0 Å². The first-order valence-electron chi connectivity index (χ1n) is 6.19. The summed E-state index contributed by atoms with van der Waals surface area (Å²) in [5, 5.41) is 0. The monoisotopic (exact) mass is 298 g/mol. The highest BCUT2D eigenvalue weighted by molar-refractivity contribution is 9.10. The molecule has 0 heterocycles. The zero-order chi connectivity index (χ0) is 12.7. The maximum atomic E-state index is 3.58. The minimum absolute atomic E-state index is 0.414. The first kappa shape index (κ1) is 11.7. The Morgan fingerprint density at radius 2 is 1.83 bits per heavy atom. The van der Waals surface area contributed by atoms with E-state index in [1.165, 1.54) is 27.8 Å². The van der Waals surface area contributed by atoms with Crippen LogP contribution in [-0.2, 0) is 0 Å². The molecule has 0 aromatic heterocycles. The van der Waals surface area contributed by atoms with Gasteiger partial charge in [0.2, 0.25) is 0 Å². The summed E-state index contributed by atoms with van der Waals surface area (Å²) in [6.45, 7) is 4.38. The molecule has 1 heteroatoms. The van der Waals surface area contributed by atoms with Crippen LogP contribution in [0.3, 0.4) is 0 Å². The van der Waals surface area contributed by atoms with Crippen molar-refractivity contribution in [1.82, 2.24) is 0 Å². The van der Waals surface area contributed by atoms with Crippen LogP contribution in [0.1, 0.15) is 35.1 Å². The van der Waals surface area contributed by atoms with Crippen LogP contribution in [0.5, 0.6) is 0 Å². The van der Waals surface area contributed by atoms with Crippen molar-refractivity contribution in [2.75, 3.05) is 0 Å². The van der Waals surface area contributed by atoms with Crippen LogP contribution < -0.4 is 0 Å². The largest absolute Gasteiger partial charge is 0.0617 e. The van der Waals surface area contributed by atoms with E-state index in [0.29, 0.717) is 5.92 Å². The van der Waals surface area contributed by atoms with Crippen LogP contribution in [0.15, 0.2) is 52.5 Å². The summed E-state index contributed by atoms with van der Waals surface area (Å²) in [6.07, 6.45) is 2.30. The Morgan fingerprint density at radius 1 is 1.00 bits per heavy atom. The molecule has 1 aliphatic carbocycles. The van der Waals surface area contributed by atoms with E-state index in [-0.39, 0.29) is 0 Å². The molecule has 1 aliphatic rings. The molecule has 0 radical (unpaired) electrons. The molecule has 0 saturated heterocycles. The number of rotatable bonds is 1. The van der Waals surface area contributed by atoms with Crippen molar-refractivity contribution in [3.05, 3.63) is 74.8 Å². The lowest BCUT2D eigenvalue weighted by Gasteiger charge is -2.16. The van der Waals surface area contributed by atoms with Crippen molar-refractivity contribution < 1.29 is 0 Å². The molecule has 3 rings (SSSR count). The Bertz CT molecular complexity index is 638. The molecule has 1 atom stereocenters. The summed E-state index contributed by atoms with van der Waals surface area (Å²) in [4.78, 5) is 0. The van der Waals surface area contributed by atoms with Crippen molar-refractivity contribution in [3.63, 3.8) is 0 Å². The van der Waals surface area contributed by atoms with Gasteiger partial charge in [-0.3, -0.25) is 0 Å². The van der Waals surface area contributed by atoms with Gasteiger partial charge in [0.25, 0.3) is 0 Å². The average Bonchev–Trinajstić information content (AvgIpc) is 2.64. The number of benzene rings is 2. The Balaban J connectivity index is 2.15. The Labute approximate surface area is 116 Å². The molecule has 1 unspecified atom stereocenters. The second-order valence-corrected chi connectivity index (χ2v) is 5.92. The molecule has 0 aliphatic heterocycles. The summed E-state index contributed by atoms with van der Waals surface area (Å²) >= 11 is 3.58. The number of hydrogen-bond donors (Lipinski definition) is 0. The van der Waals surface area contributed by atoms with Crippen molar-refractivity contribution in [2.24, 2.45) is 0 Å². The molecule has 0 amide bonds. The third-order valence-electron chi connectivity index (χ3n) is 3.57. The van der Waals surface area contributed by atoms with Gasteiger partial charge in [0, 0.05) is 10.4 Å². The quantitative estimate of drug-likeness (QED) is 0.669. The summed E-state index contributed by atoms with van der Waals surface area (Å²) < 4.78 is 1.15. The summed E-state index contributed by atoms with van der Waals surface area (Å²) in [6, 6.07) is 15.4. The minimum atomic E-state index is 0.414. The maximum absolute atomic E-state index is 3.58. The predicted octanol–water partition coefficient (Wildman–Crippen LogP) is 5.31. The first-order chi connectivity index (χ1) is 8.65. The van der Waals surface area contributed by atoms with Crippen molar-refractivity contribution in [1.29, 1.82) is 0 Å². The smallest absolute Gasteiger partial charge is 0.0305 e. The van der Waals surface area contributed by atoms with Crippen LogP contribution >= 0.6 is 15.9 Å². The second kappa shape index (κ2) is 4.40. The van der Waals surface area contributed by atoms with E-state index in [2.05, 4.69) is 78.3 Å². The SMILES string of the molecule is CC1=Cc2ccc(Br)cc2C1c1cccc(C)c1. The summed E-state index contributed by atoms with van der Waals surface area (Å²) in [5.74, 6) is 0.414. The van der Waals surface area contributed by atoms with E-state index in [1.807, 2.05) is 0 Å². The summed E-state index contributed by atoms with van der Waals surface area (Å²) in [5.41, 5.74) is 6.90. The Kier molecular flexibility index (Phi) is 2.87. The highest BCUT2D eigenvalue weighted by Crippen LogP contribution is 2.41. The third-order valence-corrected chi connectivity index (χ3v) is 4.07. The standard InChI is InChI=1S/C17H15Br/c1-11-4-3-5-14(8-11)17-12(2)9-13-6-7-15(18)10-16(13)17/h3-10,17H,1-2H3. The number of halogens is 1. The maximum Gasteiger partial charge on any atom is 0.0305 e. The fourth-order valence-electron chi connectivity index (χ4n) is 2.79. The zero-order valence-corrected chi connectivity index (χ0v) is 12.2. The first-order valence-corrected chi connectivity index (χ1v) is 6.98. The van der Waals surface area contributed by atoms with Gasteiger partial charge in [-0.1, -0.05) is 63.5 Å². The molecule has 0 fully saturated rings. The molecule has 2 aromatic carbocycles. The molecule has 18 heavy (non-hydrogen) atoms. The molecular formula is C17H15Br. The average molecular weight is 299 g/mol. The van der Waals surface area contributed by atoms with Crippen LogP contribution in [0, 0.1) is 6.92 Å². The van der Waals surface area contributed by atoms with Gasteiger partial charge in [0.1, 0.15) is 0 Å².